The summed E-state index contributed by atoms with van der Waals surface area (Å²) in [6.45, 7) is 0. The molecule has 0 saturated heterocycles. The van der Waals surface area contributed by atoms with Crippen molar-refractivity contribution >= 4 is 28.9 Å². The number of halogens is 2. The molecule has 0 bridgehead atoms. The molecule has 1 aromatic carbocycles. The highest BCUT2D eigenvalue weighted by Gasteiger charge is 2.09. The fraction of sp³-hybridized carbons (Fsp3) is 0. The fourth-order valence-corrected chi connectivity index (χ4v) is 1.57. The average molecular weight is 255 g/mol. The zero-order valence-electron chi connectivity index (χ0n) is 8.15. The number of benzene rings is 1. The molecule has 3 nitrogen and oxygen atoms in total. The van der Waals surface area contributed by atoms with Crippen LogP contribution in [0.3, 0.4) is 0 Å². The van der Waals surface area contributed by atoms with E-state index < -0.39 is 0 Å². The lowest BCUT2D eigenvalue weighted by molar-refractivity contribution is 0.485. The Balaban J connectivity index is 2.38. The van der Waals surface area contributed by atoms with Gasteiger partial charge in [0.25, 0.3) is 0 Å². The van der Waals surface area contributed by atoms with Gasteiger partial charge in [0, 0.05) is 18.5 Å². The third-order valence-corrected chi connectivity index (χ3v) is 2.53. The smallest absolute Gasteiger partial charge is 0.168 e. The largest absolute Gasteiger partial charge is 0.452 e. The molecule has 0 radical (unpaired) electrons. The first-order valence-corrected chi connectivity index (χ1v) is 5.25. The molecule has 2 aromatic rings. The van der Waals surface area contributed by atoms with Crippen LogP contribution in [0.2, 0.25) is 10.0 Å². The van der Waals surface area contributed by atoms with E-state index in [1.54, 1.807) is 30.5 Å². The molecule has 0 aliphatic carbocycles. The van der Waals surface area contributed by atoms with Gasteiger partial charge in [-0.25, -0.2) is 0 Å². The lowest BCUT2D eigenvalue weighted by Crippen LogP contribution is -1.93. The van der Waals surface area contributed by atoms with Crippen molar-refractivity contribution in [2.75, 3.05) is 5.73 Å². The van der Waals surface area contributed by atoms with Crippen LogP contribution in [0.25, 0.3) is 0 Å². The Bertz CT molecular complexity index is 497. The normalized spacial score (nSPS) is 10.1. The lowest BCUT2D eigenvalue weighted by Gasteiger charge is -2.10. The third-order valence-electron chi connectivity index (χ3n) is 1.94. The van der Waals surface area contributed by atoms with Crippen LogP contribution in [0.5, 0.6) is 11.5 Å². The van der Waals surface area contributed by atoms with E-state index in [9.17, 15) is 0 Å². The Morgan fingerprint density at radius 3 is 2.62 bits per heavy atom. The van der Waals surface area contributed by atoms with Crippen molar-refractivity contribution in [3.05, 3.63) is 46.7 Å². The van der Waals surface area contributed by atoms with Crippen LogP contribution in [0.1, 0.15) is 0 Å². The molecule has 0 amide bonds. The van der Waals surface area contributed by atoms with Gasteiger partial charge >= 0.3 is 0 Å². The number of para-hydroxylation sites is 1. The van der Waals surface area contributed by atoms with Crippen molar-refractivity contribution in [1.82, 2.24) is 4.98 Å². The standard InChI is InChI=1S/C11H8Cl2N2O/c12-7-2-1-3-9(14)11(7)16-10-4-5-15-6-8(10)13/h1-6H,14H2. The first-order chi connectivity index (χ1) is 7.68. The second-order valence-electron chi connectivity index (χ2n) is 3.07. The molecule has 1 aromatic heterocycles. The Labute approximate surface area is 103 Å². The van der Waals surface area contributed by atoms with Crippen molar-refractivity contribution < 1.29 is 4.74 Å². The van der Waals surface area contributed by atoms with E-state index in [1.165, 1.54) is 6.20 Å². The van der Waals surface area contributed by atoms with Gasteiger partial charge in [0.1, 0.15) is 10.8 Å². The minimum absolute atomic E-state index is 0.400. The lowest BCUT2D eigenvalue weighted by atomic mass is 10.3. The predicted molar refractivity (Wildman–Crippen MR) is 65.2 cm³/mol. The highest BCUT2D eigenvalue weighted by atomic mass is 35.5. The molecule has 0 fully saturated rings. The van der Waals surface area contributed by atoms with Gasteiger partial charge < -0.3 is 10.5 Å². The zero-order valence-corrected chi connectivity index (χ0v) is 9.66. The number of aromatic nitrogens is 1. The summed E-state index contributed by atoms with van der Waals surface area (Å²) in [5, 5.41) is 0.842. The molecule has 2 rings (SSSR count). The van der Waals surface area contributed by atoms with E-state index in [2.05, 4.69) is 4.98 Å². The van der Waals surface area contributed by atoms with Gasteiger partial charge in [0.2, 0.25) is 0 Å². The van der Waals surface area contributed by atoms with Crippen LogP contribution >= 0.6 is 23.2 Å². The SMILES string of the molecule is Nc1cccc(Cl)c1Oc1ccncc1Cl. The summed E-state index contributed by atoms with van der Waals surface area (Å²) in [6, 6.07) is 6.79. The molecular formula is C11H8Cl2N2O. The summed E-state index contributed by atoms with van der Waals surface area (Å²) in [7, 11) is 0. The van der Waals surface area contributed by atoms with E-state index in [4.69, 9.17) is 33.7 Å². The molecule has 0 aliphatic rings. The first-order valence-electron chi connectivity index (χ1n) is 4.50. The molecule has 0 unspecified atom stereocenters. The van der Waals surface area contributed by atoms with Gasteiger partial charge in [-0.3, -0.25) is 4.98 Å². The summed E-state index contributed by atoms with van der Waals surface area (Å²) < 4.78 is 5.54. The topological polar surface area (TPSA) is 48.1 Å². The molecule has 0 spiro atoms. The Morgan fingerprint density at radius 2 is 1.94 bits per heavy atom. The number of hydrogen-bond donors (Lipinski definition) is 1. The van der Waals surface area contributed by atoms with Gasteiger partial charge in [-0.05, 0) is 12.1 Å². The number of nitrogen functional groups attached to an aromatic ring is 1. The van der Waals surface area contributed by atoms with Gasteiger partial charge in [0.05, 0.1) is 10.7 Å². The summed E-state index contributed by atoms with van der Waals surface area (Å²) in [5.41, 5.74) is 6.21. The van der Waals surface area contributed by atoms with Crippen LogP contribution in [0, 0.1) is 0 Å². The first kappa shape index (κ1) is 11.0. The summed E-state index contributed by atoms with van der Waals surface area (Å²) >= 11 is 11.9. The maximum Gasteiger partial charge on any atom is 0.168 e. The molecule has 1 heterocycles. The van der Waals surface area contributed by atoms with E-state index in [0.29, 0.717) is 27.2 Å². The monoisotopic (exact) mass is 254 g/mol. The van der Waals surface area contributed by atoms with Crippen LogP contribution in [-0.4, -0.2) is 4.98 Å². The van der Waals surface area contributed by atoms with Gasteiger partial charge in [-0.2, -0.15) is 0 Å². The average Bonchev–Trinajstić information content (AvgIpc) is 2.26. The van der Waals surface area contributed by atoms with Crippen molar-refractivity contribution in [3.8, 4) is 11.5 Å². The van der Waals surface area contributed by atoms with Crippen molar-refractivity contribution in [2.45, 2.75) is 0 Å². The summed E-state index contributed by atoms with van der Waals surface area (Å²) in [4.78, 5) is 3.86. The molecule has 82 valence electrons. The maximum atomic E-state index is 5.97. The van der Waals surface area contributed by atoms with Crippen LogP contribution in [0.15, 0.2) is 36.7 Å². The molecule has 0 atom stereocenters. The number of nitrogens with zero attached hydrogens (tertiary/aromatic N) is 1. The molecule has 2 N–H and O–H groups in total. The quantitative estimate of drug-likeness (QED) is 0.831. The van der Waals surface area contributed by atoms with Gasteiger partial charge in [-0.1, -0.05) is 29.3 Å². The van der Waals surface area contributed by atoms with Crippen molar-refractivity contribution in [3.63, 3.8) is 0 Å². The minimum Gasteiger partial charge on any atom is -0.452 e. The number of pyridine rings is 1. The maximum absolute atomic E-state index is 5.97. The molecule has 5 heteroatoms. The third kappa shape index (κ3) is 2.21. The van der Waals surface area contributed by atoms with E-state index in [0.717, 1.165) is 0 Å². The molecule has 0 saturated carbocycles. The minimum atomic E-state index is 0.400. The van der Waals surface area contributed by atoms with Gasteiger partial charge in [-0.15, -0.1) is 0 Å². The Hall–Kier alpha value is -1.45. The van der Waals surface area contributed by atoms with Crippen molar-refractivity contribution in [1.29, 1.82) is 0 Å². The Morgan fingerprint density at radius 1 is 1.12 bits per heavy atom. The van der Waals surface area contributed by atoms with Gasteiger partial charge in [0.15, 0.2) is 5.75 Å². The van der Waals surface area contributed by atoms with E-state index in [1.807, 2.05) is 0 Å². The summed E-state index contributed by atoms with van der Waals surface area (Å²) in [6.07, 6.45) is 3.07. The number of rotatable bonds is 2. The fourth-order valence-electron chi connectivity index (χ4n) is 1.19. The highest BCUT2D eigenvalue weighted by Crippen LogP contribution is 2.36. The molecular weight excluding hydrogens is 247 g/mol. The number of anilines is 1. The van der Waals surface area contributed by atoms with Crippen LogP contribution in [-0.2, 0) is 0 Å². The second kappa shape index (κ2) is 4.60. The zero-order chi connectivity index (χ0) is 11.5. The number of ether oxygens (including phenoxy) is 1. The van der Waals surface area contributed by atoms with Crippen LogP contribution < -0.4 is 10.5 Å². The highest BCUT2D eigenvalue weighted by molar-refractivity contribution is 6.33. The summed E-state index contributed by atoms with van der Waals surface area (Å²) in [5.74, 6) is 0.869. The Kier molecular flexibility index (Phi) is 3.17. The van der Waals surface area contributed by atoms with E-state index >= 15 is 0 Å². The number of nitrogens with two attached hydrogens (primary N) is 1. The molecule has 16 heavy (non-hydrogen) atoms. The predicted octanol–water partition coefficient (Wildman–Crippen LogP) is 3.76. The van der Waals surface area contributed by atoms with E-state index in [-0.39, 0.29) is 0 Å². The second-order valence-corrected chi connectivity index (χ2v) is 3.88. The van der Waals surface area contributed by atoms with Crippen molar-refractivity contribution in [2.24, 2.45) is 0 Å². The molecule has 0 aliphatic heterocycles. The number of hydrogen-bond acceptors (Lipinski definition) is 3. The van der Waals surface area contributed by atoms with Crippen LogP contribution in [0.4, 0.5) is 5.69 Å².